The summed E-state index contributed by atoms with van der Waals surface area (Å²) in [5.41, 5.74) is 6.73. The molecule has 1 aromatic rings. The summed E-state index contributed by atoms with van der Waals surface area (Å²) in [6.45, 7) is 2.23. The molecule has 1 aliphatic carbocycles. The van der Waals surface area contributed by atoms with Crippen LogP contribution in [0.5, 0.6) is 0 Å². The Morgan fingerprint density at radius 3 is 2.65 bits per heavy atom. The molecule has 0 aliphatic heterocycles. The normalized spacial score (nSPS) is 22.5. The van der Waals surface area contributed by atoms with Crippen molar-refractivity contribution in [1.82, 2.24) is 5.32 Å². The first-order valence-corrected chi connectivity index (χ1v) is 7.83. The second-order valence-electron chi connectivity index (χ2n) is 5.72. The van der Waals surface area contributed by atoms with Gasteiger partial charge in [-0.25, -0.2) is 0 Å². The molecule has 0 saturated heterocycles. The lowest BCUT2D eigenvalue weighted by Gasteiger charge is -2.29. The molecule has 3 N–H and O–H groups in total. The average molecular weight is 295 g/mol. The number of carbonyl (C=O) groups is 1. The zero-order chi connectivity index (χ0) is 14.5. The van der Waals surface area contributed by atoms with Gasteiger partial charge in [-0.15, -0.1) is 0 Å². The molecule has 1 aliphatic rings. The van der Waals surface area contributed by atoms with Crippen LogP contribution in [-0.2, 0) is 0 Å². The molecule has 1 fully saturated rings. The maximum Gasteiger partial charge on any atom is 0.253 e. The molecule has 1 amide bonds. The molecule has 0 bridgehead atoms. The van der Waals surface area contributed by atoms with Crippen LogP contribution in [0.4, 0.5) is 5.69 Å². The number of hydrogen-bond acceptors (Lipinski definition) is 2. The second kappa shape index (κ2) is 6.98. The van der Waals surface area contributed by atoms with Crippen LogP contribution in [0.15, 0.2) is 18.2 Å². The summed E-state index contributed by atoms with van der Waals surface area (Å²) in [7, 11) is 0. The minimum atomic E-state index is -0.0889. The SMILES string of the molecule is CCCC1CCC(NC(=O)c2ccc(N)cc2Cl)CC1. The summed E-state index contributed by atoms with van der Waals surface area (Å²) in [5.74, 6) is 0.752. The van der Waals surface area contributed by atoms with Gasteiger partial charge in [0, 0.05) is 11.7 Å². The lowest BCUT2D eigenvalue weighted by molar-refractivity contribution is 0.0921. The minimum absolute atomic E-state index is 0.0889. The van der Waals surface area contributed by atoms with Crippen LogP contribution in [0.25, 0.3) is 0 Å². The third-order valence-electron chi connectivity index (χ3n) is 4.12. The van der Waals surface area contributed by atoms with E-state index in [1.54, 1.807) is 18.2 Å². The quantitative estimate of drug-likeness (QED) is 0.824. The van der Waals surface area contributed by atoms with Gasteiger partial charge < -0.3 is 11.1 Å². The fourth-order valence-electron chi connectivity index (χ4n) is 2.98. The number of nitrogens with one attached hydrogen (secondary N) is 1. The van der Waals surface area contributed by atoms with Crippen molar-refractivity contribution >= 4 is 23.2 Å². The molecule has 2 rings (SSSR count). The third-order valence-corrected chi connectivity index (χ3v) is 4.43. The van der Waals surface area contributed by atoms with Gasteiger partial charge >= 0.3 is 0 Å². The zero-order valence-corrected chi connectivity index (χ0v) is 12.7. The van der Waals surface area contributed by atoms with Gasteiger partial charge in [0.15, 0.2) is 0 Å². The second-order valence-corrected chi connectivity index (χ2v) is 6.13. The Balaban J connectivity index is 1.89. The minimum Gasteiger partial charge on any atom is -0.399 e. The number of nitrogens with two attached hydrogens (primary N) is 1. The number of rotatable bonds is 4. The van der Waals surface area contributed by atoms with Gasteiger partial charge in [-0.05, 0) is 49.8 Å². The molecule has 0 radical (unpaired) electrons. The summed E-state index contributed by atoms with van der Waals surface area (Å²) >= 11 is 6.07. The zero-order valence-electron chi connectivity index (χ0n) is 12.0. The number of carbonyl (C=O) groups excluding carboxylic acids is 1. The Morgan fingerprint density at radius 1 is 1.35 bits per heavy atom. The molecule has 0 heterocycles. The first-order chi connectivity index (χ1) is 9.60. The van der Waals surface area contributed by atoms with E-state index in [4.69, 9.17) is 17.3 Å². The molecule has 3 nitrogen and oxygen atoms in total. The van der Waals surface area contributed by atoms with Gasteiger partial charge in [0.25, 0.3) is 5.91 Å². The highest BCUT2D eigenvalue weighted by Crippen LogP contribution is 2.28. The molecule has 0 spiro atoms. The van der Waals surface area contributed by atoms with Crippen molar-refractivity contribution in [1.29, 1.82) is 0 Å². The van der Waals surface area contributed by atoms with E-state index in [9.17, 15) is 4.79 Å². The van der Waals surface area contributed by atoms with Crippen LogP contribution in [0.2, 0.25) is 5.02 Å². The maximum absolute atomic E-state index is 12.2. The van der Waals surface area contributed by atoms with E-state index in [0.29, 0.717) is 16.3 Å². The van der Waals surface area contributed by atoms with E-state index in [1.807, 2.05) is 0 Å². The third kappa shape index (κ3) is 3.89. The van der Waals surface area contributed by atoms with Crippen molar-refractivity contribution in [2.75, 3.05) is 5.73 Å². The highest BCUT2D eigenvalue weighted by Gasteiger charge is 2.22. The number of anilines is 1. The van der Waals surface area contributed by atoms with Gasteiger partial charge in [-0.2, -0.15) is 0 Å². The van der Waals surface area contributed by atoms with E-state index < -0.39 is 0 Å². The number of benzene rings is 1. The predicted molar refractivity (Wildman–Crippen MR) is 84.0 cm³/mol. The van der Waals surface area contributed by atoms with E-state index in [1.165, 1.54) is 25.7 Å². The van der Waals surface area contributed by atoms with Crippen LogP contribution in [-0.4, -0.2) is 11.9 Å². The first-order valence-electron chi connectivity index (χ1n) is 7.46. The molecule has 0 atom stereocenters. The monoisotopic (exact) mass is 294 g/mol. The Morgan fingerprint density at radius 2 is 2.05 bits per heavy atom. The van der Waals surface area contributed by atoms with Crippen LogP contribution in [0.1, 0.15) is 55.8 Å². The van der Waals surface area contributed by atoms with Crippen molar-refractivity contribution in [3.05, 3.63) is 28.8 Å². The molecule has 110 valence electrons. The van der Waals surface area contributed by atoms with Crippen molar-refractivity contribution in [3.8, 4) is 0 Å². The highest BCUT2D eigenvalue weighted by molar-refractivity contribution is 6.34. The van der Waals surface area contributed by atoms with Gasteiger partial charge in [-0.1, -0.05) is 31.4 Å². The number of nitrogen functional groups attached to an aromatic ring is 1. The number of halogens is 1. The van der Waals surface area contributed by atoms with Gasteiger partial charge in [0.05, 0.1) is 10.6 Å². The van der Waals surface area contributed by atoms with E-state index in [0.717, 1.165) is 18.8 Å². The topological polar surface area (TPSA) is 55.1 Å². The summed E-state index contributed by atoms with van der Waals surface area (Å²) < 4.78 is 0. The van der Waals surface area contributed by atoms with Crippen LogP contribution in [0, 0.1) is 5.92 Å². The Hall–Kier alpha value is -1.22. The summed E-state index contributed by atoms with van der Waals surface area (Å²) in [6, 6.07) is 5.30. The first kappa shape index (κ1) is 15.2. The van der Waals surface area contributed by atoms with Gasteiger partial charge in [0.1, 0.15) is 0 Å². The van der Waals surface area contributed by atoms with Gasteiger partial charge in [0.2, 0.25) is 0 Å². The Kier molecular flexibility index (Phi) is 5.30. The van der Waals surface area contributed by atoms with E-state index in [2.05, 4.69) is 12.2 Å². The van der Waals surface area contributed by atoms with E-state index in [-0.39, 0.29) is 11.9 Å². The average Bonchev–Trinajstić information content (AvgIpc) is 2.41. The largest absolute Gasteiger partial charge is 0.399 e. The van der Waals surface area contributed by atoms with Crippen molar-refractivity contribution in [2.45, 2.75) is 51.5 Å². The Bertz CT molecular complexity index is 468. The lowest BCUT2D eigenvalue weighted by atomic mass is 9.83. The standard InChI is InChI=1S/C16H23ClN2O/c1-2-3-11-4-7-13(8-5-11)19-16(20)14-9-6-12(18)10-15(14)17/h6,9-11,13H,2-5,7-8,18H2,1H3,(H,19,20). The maximum atomic E-state index is 12.2. The van der Waals surface area contributed by atoms with E-state index >= 15 is 0 Å². The van der Waals surface area contributed by atoms with Crippen molar-refractivity contribution in [2.24, 2.45) is 5.92 Å². The summed E-state index contributed by atoms with van der Waals surface area (Å²) in [6.07, 6.45) is 7.14. The van der Waals surface area contributed by atoms with Crippen LogP contribution in [0.3, 0.4) is 0 Å². The number of hydrogen-bond donors (Lipinski definition) is 2. The number of amides is 1. The summed E-state index contributed by atoms with van der Waals surface area (Å²) in [5, 5.41) is 3.51. The highest BCUT2D eigenvalue weighted by atomic mass is 35.5. The van der Waals surface area contributed by atoms with Crippen molar-refractivity contribution < 1.29 is 4.79 Å². The fourth-order valence-corrected chi connectivity index (χ4v) is 3.26. The molecule has 4 heteroatoms. The fraction of sp³-hybridized carbons (Fsp3) is 0.562. The van der Waals surface area contributed by atoms with Crippen molar-refractivity contribution in [3.63, 3.8) is 0 Å². The molecule has 20 heavy (non-hydrogen) atoms. The van der Waals surface area contributed by atoms with Crippen LogP contribution < -0.4 is 11.1 Å². The molecular weight excluding hydrogens is 272 g/mol. The molecule has 0 unspecified atom stereocenters. The molecule has 1 aromatic carbocycles. The Labute approximate surface area is 125 Å². The molecule has 1 saturated carbocycles. The predicted octanol–water partition coefficient (Wildman–Crippen LogP) is 4.01. The van der Waals surface area contributed by atoms with Crippen LogP contribution >= 0.6 is 11.6 Å². The molecular formula is C16H23ClN2O. The summed E-state index contributed by atoms with van der Waals surface area (Å²) in [4.78, 5) is 12.2. The van der Waals surface area contributed by atoms with Gasteiger partial charge in [-0.3, -0.25) is 4.79 Å². The smallest absolute Gasteiger partial charge is 0.253 e. The molecule has 0 aromatic heterocycles. The lowest BCUT2D eigenvalue weighted by Crippen LogP contribution is -2.37.